The van der Waals surface area contributed by atoms with Gasteiger partial charge in [0.2, 0.25) is 0 Å². The van der Waals surface area contributed by atoms with Crippen LogP contribution in [0, 0.1) is 5.41 Å². The van der Waals surface area contributed by atoms with Crippen molar-refractivity contribution in [3.05, 3.63) is 11.1 Å². The number of piperazine rings is 1. The average molecular weight is 231 g/mol. The van der Waals surface area contributed by atoms with Crippen LogP contribution in [0.2, 0.25) is 0 Å². The summed E-state index contributed by atoms with van der Waals surface area (Å²) in [5, 5.41) is 3.59. The van der Waals surface area contributed by atoms with Crippen molar-refractivity contribution in [1.29, 1.82) is 0 Å². The van der Waals surface area contributed by atoms with Crippen molar-refractivity contribution in [2.45, 2.75) is 33.7 Å². The Morgan fingerprint density at radius 1 is 1.53 bits per heavy atom. The van der Waals surface area contributed by atoms with Gasteiger partial charge in [0, 0.05) is 37.8 Å². The highest BCUT2D eigenvalue weighted by molar-refractivity contribution is 6.25. The van der Waals surface area contributed by atoms with Crippen LogP contribution in [0.5, 0.6) is 0 Å². The third kappa shape index (κ3) is 4.13. The fourth-order valence-corrected chi connectivity index (χ4v) is 1.99. The lowest BCUT2D eigenvalue weighted by molar-refractivity contribution is 0.142. The van der Waals surface area contributed by atoms with Crippen molar-refractivity contribution in [1.82, 2.24) is 10.2 Å². The van der Waals surface area contributed by atoms with E-state index in [0.717, 1.165) is 26.2 Å². The van der Waals surface area contributed by atoms with E-state index in [0.29, 0.717) is 11.5 Å². The molecule has 0 aromatic rings. The lowest BCUT2D eigenvalue weighted by Gasteiger charge is -2.40. The van der Waals surface area contributed by atoms with Gasteiger partial charge in [-0.2, -0.15) is 0 Å². The maximum absolute atomic E-state index is 5.69. The summed E-state index contributed by atoms with van der Waals surface area (Å²) in [7, 11) is 0. The third-order valence-corrected chi connectivity index (χ3v) is 3.34. The predicted molar refractivity (Wildman–Crippen MR) is 67.3 cm³/mol. The highest BCUT2D eigenvalue weighted by Gasteiger charge is 2.28. The Bertz CT molecular complexity index is 230. The highest BCUT2D eigenvalue weighted by Crippen LogP contribution is 2.22. The third-order valence-electron chi connectivity index (χ3n) is 2.96. The summed E-state index contributed by atoms with van der Waals surface area (Å²) in [5.41, 5.74) is 3.26. The maximum Gasteiger partial charge on any atom is 0.0244 e. The summed E-state index contributed by atoms with van der Waals surface area (Å²) >= 11 is 5.69. The van der Waals surface area contributed by atoms with Gasteiger partial charge in [0.05, 0.1) is 0 Å². The summed E-state index contributed by atoms with van der Waals surface area (Å²) in [6, 6.07) is 0.578. The minimum absolute atomic E-state index is 0.331. The number of nitrogens with one attached hydrogen (secondary N) is 1. The Balaban J connectivity index is 2.49. The van der Waals surface area contributed by atoms with Crippen LogP contribution in [0.1, 0.15) is 27.7 Å². The number of nitrogens with zero attached hydrogens (tertiary/aromatic N) is 1. The van der Waals surface area contributed by atoms with Gasteiger partial charge in [-0.1, -0.05) is 32.4 Å². The quantitative estimate of drug-likeness (QED) is 0.784. The van der Waals surface area contributed by atoms with Crippen molar-refractivity contribution in [3.8, 4) is 0 Å². The summed E-state index contributed by atoms with van der Waals surface area (Å²) in [6.45, 7) is 13.3. The van der Waals surface area contributed by atoms with Gasteiger partial charge < -0.3 is 5.32 Å². The number of hydrogen-bond acceptors (Lipinski definition) is 2. The molecule has 0 saturated carbocycles. The number of halogens is 1. The van der Waals surface area contributed by atoms with Crippen molar-refractivity contribution >= 4 is 11.6 Å². The zero-order valence-electron chi connectivity index (χ0n) is 10.3. The second kappa shape index (κ2) is 5.33. The van der Waals surface area contributed by atoms with Crippen LogP contribution >= 0.6 is 11.6 Å². The lowest BCUT2D eigenvalue weighted by atomic mass is 9.85. The van der Waals surface area contributed by atoms with E-state index in [9.17, 15) is 0 Å². The molecule has 0 aromatic heterocycles. The minimum atomic E-state index is 0.331. The molecule has 1 aliphatic rings. The standard InChI is InChI=1S/C12H23ClN2/c1-10(7-13)8-15-6-5-14-11(9-15)12(2,3)4/h7,11,14H,5-6,8-9H2,1-4H3. The zero-order valence-corrected chi connectivity index (χ0v) is 11.1. The molecule has 1 N–H and O–H groups in total. The van der Waals surface area contributed by atoms with Gasteiger partial charge in [0.25, 0.3) is 0 Å². The van der Waals surface area contributed by atoms with Crippen molar-refractivity contribution in [2.24, 2.45) is 5.41 Å². The highest BCUT2D eigenvalue weighted by atomic mass is 35.5. The molecule has 88 valence electrons. The van der Waals surface area contributed by atoms with Gasteiger partial charge in [0.1, 0.15) is 0 Å². The average Bonchev–Trinajstić information content (AvgIpc) is 2.17. The molecule has 1 fully saturated rings. The molecule has 3 heteroatoms. The van der Waals surface area contributed by atoms with E-state index < -0.39 is 0 Å². The molecule has 2 nitrogen and oxygen atoms in total. The first-order valence-corrected chi connectivity index (χ1v) is 6.08. The molecule has 0 spiro atoms. The van der Waals surface area contributed by atoms with Crippen LogP contribution in [-0.2, 0) is 0 Å². The van der Waals surface area contributed by atoms with Crippen LogP contribution in [-0.4, -0.2) is 37.1 Å². The van der Waals surface area contributed by atoms with Crippen LogP contribution in [0.15, 0.2) is 11.1 Å². The second-order valence-corrected chi connectivity index (χ2v) is 5.78. The van der Waals surface area contributed by atoms with E-state index in [4.69, 9.17) is 11.6 Å². The molecule has 1 atom stereocenters. The van der Waals surface area contributed by atoms with Gasteiger partial charge in [0.15, 0.2) is 0 Å². The molecule has 1 rings (SSSR count). The normalized spacial score (nSPS) is 25.7. The van der Waals surface area contributed by atoms with Crippen LogP contribution in [0.4, 0.5) is 0 Å². The number of hydrogen-bond donors (Lipinski definition) is 1. The Morgan fingerprint density at radius 3 is 2.73 bits per heavy atom. The van der Waals surface area contributed by atoms with E-state index in [-0.39, 0.29) is 0 Å². The second-order valence-electron chi connectivity index (χ2n) is 5.56. The molecule has 0 radical (unpaired) electrons. The molecule has 1 heterocycles. The summed E-state index contributed by atoms with van der Waals surface area (Å²) < 4.78 is 0. The van der Waals surface area contributed by atoms with Crippen LogP contribution in [0.25, 0.3) is 0 Å². The Kier molecular flexibility index (Phi) is 4.63. The van der Waals surface area contributed by atoms with Crippen molar-refractivity contribution in [3.63, 3.8) is 0 Å². The summed E-state index contributed by atoms with van der Waals surface area (Å²) in [5.74, 6) is 0. The first-order valence-electron chi connectivity index (χ1n) is 5.65. The molecule has 1 unspecified atom stereocenters. The zero-order chi connectivity index (χ0) is 11.5. The number of rotatable bonds is 2. The molecule has 0 bridgehead atoms. The Hall–Kier alpha value is -0.0500. The summed E-state index contributed by atoms with van der Waals surface area (Å²) in [6.07, 6.45) is 0. The van der Waals surface area contributed by atoms with Crippen LogP contribution in [0.3, 0.4) is 0 Å². The van der Waals surface area contributed by atoms with Crippen molar-refractivity contribution in [2.75, 3.05) is 26.2 Å². The van der Waals surface area contributed by atoms with E-state index >= 15 is 0 Å². The molecule has 1 aliphatic heterocycles. The maximum atomic E-state index is 5.69. The fourth-order valence-electron chi connectivity index (χ4n) is 1.92. The first kappa shape index (κ1) is 13.0. The fraction of sp³-hybridized carbons (Fsp3) is 0.833. The Morgan fingerprint density at radius 2 is 2.20 bits per heavy atom. The largest absolute Gasteiger partial charge is 0.311 e. The van der Waals surface area contributed by atoms with E-state index in [1.165, 1.54) is 5.57 Å². The summed E-state index contributed by atoms with van der Waals surface area (Å²) in [4.78, 5) is 2.47. The molecule has 1 saturated heterocycles. The smallest absolute Gasteiger partial charge is 0.0244 e. The monoisotopic (exact) mass is 230 g/mol. The van der Waals surface area contributed by atoms with Crippen LogP contribution < -0.4 is 5.32 Å². The van der Waals surface area contributed by atoms with Gasteiger partial charge in [-0.15, -0.1) is 0 Å². The minimum Gasteiger partial charge on any atom is -0.311 e. The molecule has 0 amide bonds. The van der Waals surface area contributed by atoms with Gasteiger partial charge in [-0.25, -0.2) is 0 Å². The predicted octanol–water partition coefficient (Wildman–Crippen LogP) is 2.45. The Labute approximate surface area is 98.7 Å². The van der Waals surface area contributed by atoms with Crippen molar-refractivity contribution < 1.29 is 0 Å². The molecular weight excluding hydrogens is 208 g/mol. The van der Waals surface area contributed by atoms with Gasteiger partial charge >= 0.3 is 0 Å². The molecule has 0 aromatic carbocycles. The lowest BCUT2D eigenvalue weighted by Crippen LogP contribution is -2.55. The topological polar surface area (TPSA) is 15.3 Å². The SMILES string of the molecule is CC(=CCl)CN1CCNC(C(C)(C)C)C1. The molecule has 0 aliphatic carbocycles. The van der Waals surface area contributed by atoms with E-state index in [1.807, 2.05) is 0 Å². The van der Waals surface area contributed by atoms with E-state index in [1.54, 1.807) is 5.54 Å². The first-order chi connectivity index (χ1) is 6.93. The van der Waals surface area contributed by atoms with E-state index in [2.05, 4.69) is 37.9 Å². The molecule has 15 heavy (non-hydrogen) atoms. The van der Waals surface area contributed by atoms with Gasteiger partial charge in [-0.3, -0.25) is 4.90 Å². The van der Waals surface area contributed by atoms with Gasteiger partial charge in [-0.05, 0) is 17.9 Å². The molecular formula is C12H23ClN2.